The number of H-pyrrole nitrogens is 1. The molecule has 0 saturated carbocycles. The third kappa shape index (κ3) is 4.40. The van der Waals surface area contributed by atoms with Gasteiger partial charge in [-0.25, -0.2) is 9.79 Å². The van der Waals surface area contributed by atoms with E-state index in [9.17, 15) is 4.79 Å². The summed E-state index contributed by atoms with van der Waals surface area (Å²) in [6, 6.07) is 9.38. The van der Waals surface area contributed by atoms with Crippen LogP contribution in [0.4, 0.5) is 10.5 Å². The van der Waals surface area contributed by atoms with Crippen LogP contribution in [-0.2, 0) is 4.74 Å². The second kappa shape index (κ2) is 8.61. The predicted molar refractivity (Wildman–Crippen MR) is 116 cm³/mol. The first-order valence-corrected chi connectivity index (χ1v) is 9.84. The maximum Gasteiger partial charge on any atom is 0.322 e. The summed E-state index contributed by atoms with van der Waals surface area (Å²) < 4.78 is 5.33. The molecule has 2 heterocycles. The molecule has 2 unspecified atom stereocenters. The third-order valence-corrected chi connectivity index (χ3v) is 5.47. The predicted octanol–water partition coefficient (Wildman–Crippen LogP) is 4.19. The highest BCUT2D eigenvalue weighted by Crippen LogP contribution is 2.38. The lowest BCUT2D eigenvalue weighted by molar-refractivity contribution is -0.0624. The molecule has 0 aliphatic carbocycles. The van der Waals surface area contributed by atoms with Gasteiger partial charge in [-0.15, -0.1) is 0 Å². The molecule has 0 bridgehead atoms. The molecule has 7 heteroatoms. The van der Waals surface area contributed by atoms with E-state index >= 15 is 0 Å². The van der Waals surface area contributed by atoms with Crippen LogP contribution in [0.1, 0.15) is 43.5 Å². The van der Waals surface area contributed by atoms with Gasteiger partial charge in [0.1, 0.15) is 0 Å². The number of carbonyl (C=O) groups is 1. The van der Waals surface area contributed by atoms with Crippen molar-refractivity contribution >= 4 is 23.8 Å². The molecule has 2 amide bonds. The number of nitrogens with zero attached hydrogens (tertiary/aromatic N) is 2. The van der Waals surface area contributed by atoms with E-state index in [2.05, 4.69) is 22.2 Å². The average Bonchev–Trinajstić information content (AvgIpc) is 3.19. The number of anilines is 1. The number of aliphatic imine (C=N–C) groups is 1. The maximum absolute atomic E-state index is 13.0. The molecule has 0 radical (unpaired) electrons. The Labute approximate surface area is 171 Å². The number of carbonyl (C=O) groups excluding carboxylic acids is 1. The summed E-state index contributed by atoms with van der Waals surface area (Å²) in [5.41, 5.74) is 2.80. The Hall–Kier alpha value is -2.93. The topological polar surface area (TPSA) is 93.6 Å². The van der Waals surface area contributed by atoms with E-state index in [1.165, 1.54) is 0 Å². The minimum Gasteiger partial charge on any atom is -0.382 e. The molecule has 1 aromatic carbocycles. The molecule has 2 atom stereocenters. The first-order chi connectivity index (χ1) is 13.9. The molecule has 0 spiro atoms. The Balaban J connectivity index is 1.75. The van der Waals surface area contributed by atoms with Crippen LogP contribution >= 0.6 is 0 Å². The summed E-state index contributed by atoms with van der Waals surface area (Å²) in [5, 5.41) is 11.3. The molecule has 3 N–H and O–H groups in total. The van der Waals surface area contributed by atoms with Crippen LogP contribution < -0.4 is 5.32 Å². The number of ether oxygens (including phenoxy) is 1. The largest absolute Gasteiger partial charge is 0.382 e. The summed E-state index contributed by atoms with van der Waals surface area (Å²) in [7, 11) is 1.66. The van der Waals surface area contributed by atoms with Gasteiger partial charge in [-0.1, -0.05) is 13.0 Å². The number of amidine groups is 1. The summed E-state index contributed by atoms with van der Waals surface area (Å²) in [6.45, 7) is 6.57. The van der Waals surface area contributed by atoms with Crippen molar-refractivity contribution in [1.82, 2.24) is 9.88 Å². The lowest BCUT2D eigenvalue weighted by Gasteiger charge is -2.56. The molecule has 2 aromatic rings. The fraction of sp³-hybridized carbons (Fsp3) is 0.409. The van der Waals surface area contributed by atoms with Crippen LogP contribution in [0.3, 0.4) is 0 Å². The number of amides is 2. The monoisotopic (exact) mass is 395 g/mol. The Morgan fingerprint density at radius 1 is 1.48 bits per heavy atom. The minimum atomic E-state index is -0.292. The van der Waals surface area contributed by atoms with Crippen molar-refractivity contribution in [3.05, 3.63) is 53.3 Å². The van der Waals surface area contributed by atoms with Crippen molar-refractivity contribution in [2.75, 3.05) is 19.0 Å². The van der Waals surface area contributed by atoms with Gasteiger partial charge in [0, 0.05) is 30.6 Å². The highest BCUT2D eigenvalue weighted by atomic mass is 16.5. The van der Waals surface area contributed by atoms with Crippen molar-refractivity contribution < 1.29 is 9.53 Å². The first-order valence-electron chi connectivity index (χ1n) is 9.84. The average molecular weight is 396 g/mol. The van der Waals surface area contributed by atoms with Gasteiger partial charge >= 0.3 is 6.03 Å². The van der Waals surface area contributed by atoms with Crippen LogP contribution in [0.25, 0.3) is 0 Å². The van der Waals surface area contributed by atoms with Crippen molar-refractivity contribution in [2.24, 2.45) is 4.99 Å². The molecule has 154 valence electrons. The quantitative estimate of drug-likeness (QED) is 0.505. The van der Waals surface area contributed by atoms with Crippen molar-refractivity contribution in [3.8, 4) is 0 Å². The van der Waals surface area contributed by atoms with Gasteiger partial charge in [-0.3, -0.25) is 5.41 Å². The summed E-state index contributed by atoms with van der Waals surface area (Å²) in [4.78, 5) is 22.1. The van der Waals surface area contributed by atoms with E-state index in [1.54, 1.807) is 19.4 Å². The minimum absolute atomic E-state index is 0.140. The highest BCUT2D eigenvalue weighted by Gasteiger charge is 2.50. The van der Waals surface area contributed by atoms with Crippen molar-refractivity contribution in [1.29, 1.82) is 5.41 Å². The number of rotatable bonds is 6. The zero-order valence-corrected chi connectivity index (χ0v) is 17.5. The smallest absolute Gasteiger partial charge is 0.322 e. The number of benzene rings is 1. The number of aromatic amines is 1. The van der Waals surface area contributed by atoms with Crippen molar-refractivity contribution in [2.45, 2.75) is 45.2 Å². The molecule has 1 aromatic heterocycles. The van der Waals surface area contributed by atoms with Gasteiger partial charge in [-0.05, 0) is 56.5 Å². The molecule has 1 aliphatic rings. The van der Waals surface area contributed by atoms with E-state index in [4.69, 9.17) is 10.1 Å². The highest BCUT2D eigenvalue weighted by molar-refractivity contribution is 6.05. The lowest BCUT2D eigenvalue weighted by Crippen LogP contribution is -2.69. The number of nitrogens with one attached hydrogen (secondary N) is 3. The fourth-order valence-corrected chi connectivity index (χ4v) is 3.97. The van der Waals surface area contributed by atoms with Crippen LogP contribution in [0.2, 0.25) is 0 Å². The Kier molecular flexibility index (Phi) is 6.17. The van der Waals surface area contributed by atoms with Crippen LogP contribution in [-0.4, -0.2) is 53.3 Å². The third-order valence-electron chi connectivity index (χ3n) is 5.47. The first kappa shape index (κ1) is 20.8. The number of hydrogen-bond acceptors (Lipinski definition) is 3. The maximum atomic E-state index is 13.0. The molecule has 3 rings (SSSR count). The number of aromatic nitrogens is 1. The van der Waals surface area contributed by atoms with Gasteiger partial charge in [0.25, 0.3) is 0 Å². The molecular weight excluding hydrogens is 366 g/mol. The van der Waals surface area contributed by atoms with Crippen LogP contribution in [0, 0.1) is 12.3 Å². The number of likely N-dealkylation sites (tertiary alicyclic amines) is 1. The van der Waals surface area contributed by atoms with Crippen molar-refractivity contribution in [3.63, 3.8) is 0 Å². The summed E-state index contributed by atoms with van der Waals surface area (Å²) >= 11 is 0. The molecule has 29 heavy (non-hydrogen) atoms. The molecule has 1 fully saturated rings. The van der Waals surface area contributed by atoms with Crippen LogP contribution in [0.15, 0.2) is 41.5 Å². The summed E-state index contributed by atoms with van der Waals surface area (Å²) in [6.07, 6.45) is 5.27. The second-order valence-electron chi connectivity index (χ2n) is 7.76. The zero-order chi connectivity index (χ0) is 21.0. The Morgan fingerprint density at radius 2 is 2.28 bits per heavy atom. The number of hydrogen-bond donors (Lipinski definition) is 3. The number of urea groups is 1. The van der Waals surface area contributed by atoms with E-state index < -0.39 is 0 Å². The molecular formula is C22H29N5O2. The standard InChI is InChI=1S/C22H29N5O2/c1-5-18-12-22(3,14-29-4)27(18)21(28)26-16-9-8-15(2)19(11-16)20(23)25-13-17-7-6-10-24-17/h6-11,13,18,23-24H,5,12,14H2,1-4H3,(H,26,28). The van der Waals surface area contributed by atoms with Gasteiger partial charge < -0.3 is 19.9 Å². The normalized spacial score (nSPS) is 21.2. The molecule has 1 saturated heterocycles. The molecule has 1 aliphatic heterocycles. The van der Waals surface area contributed by atoms with Gasteiger partial charge in [0.2, 0.25) is 0 Å². The summed E-state index contributed by atoms with van der Waals surface area (Å²) in [5.74, 6) is 0.146. The fourth-order valence-electron chi connectivity index (χ4n) is 3.97. The van der Waals surface area contributed by atoms with E-state index in [0.717, 1.165) is 24.1 Å². The van der Waals surface area contributed by atoms with E-state index in [0.29, 0.717) is 17.9 Å². The number of aryl methyl sites for hydroxylation is 1. The molecule has 7 nitrogen and oxygen atoms in total. The van der Waals surface area contributed by atoms with Gasteiger partial charge in [0.05, 0.1) is 24.1 Å². The zero-order valence-electron chi connectivity index (χ0n) is 17.5. The van der Waals surface area contributed by atoms with E-state index in [1.807, 2.05) is 49.2 Å². The lowest BCUT2D eigenvalue weighted by atomic mass is 9.79. The SMILES string of the molecule is CCC1CC(C)(COC)N1C(=O)Nc1ccc(C)c(C(=N)N=Cc2ccc[nH]2)c1. The van der Waals surface area contributed by atoms with Gasteiger partial charge in [0.15, 0.2) is 5.84 Å². The van der Waals surface area contributed by atoms with Gasteiger partial charge in [-0.2, -0.15) is 0 Å². The van der Waals surface area contributed by atoms with E-state index in [-0.39, 0.29) is 23.4 Å². The van der Waals surface area contributed by atoms with Crippen LogP contribution in [0.5, 0.6) is 0 Å². The Bertz CT molecular complexity index is 906. The second-order valence-corrected chi connectivity index (χ2v) is 7.76. The Morgan fingerprint density at radius 3 is 2.93 bits per heavy atom. The number of methoxy groups -OCH3 is 1.